The van der Waals surface area contributed by atoms with E-state index in [1.54, 1.807) is 11.8 Å². The number of benzene rings is 1. The lowest BCUT2D eigenvalue weighted by Crippen LogP contribution is -1.98. The average molecular weight is 286 g/mol. The topological polar surface area (TPSA) is 37.3 Å². The molecule has 0 aliphatic carbocycles. The first-order valence-corrected chi connectivity index (χ1v) is 7.47. The fraction of sp³-hybridized carbons (Fsp3) is 0.333. The molecule has 2 nitrogen and oxygen atoms in total. The molecule has 0 aliphatic rings. The van der Waals surface area contributed by atoms with Crippen LogP contribution >= 0.6 is 35.7 Å². The summed E-state index contributed by atoms with van der Waals surface area (Å²) in [6.45, 7) is 2.10. The number of carbonyl (C=O) groups is 1. The Kier molecular flexibility index (Phi) is 6.62. The summed E-state index contributed by atoms with van der Waals surface area (Å²) < 4.78 is 0.808. The number of thiocarbonyl (C=S) groups is 1. The van der Waals surface area contributed by atoms with Crippen LogP contribution in [0.4, 0.5) is 0 Å². The maximum absolute atomic E-state index is 10.4. The van der Waals surface area contributed by atoms with Crippen molar-refractivity contribution >= 4 is 45.2 Å². The number of carboxylic acids is 1. The summed E-state index contributed by atoms with van der Waals surface area (Å²) in [6.07, 6.45) is 0.158. The van der Waals surface area contributed by atoms with Crippen LogP contribution in [0, 0.1) is 0 Å². The Balaban J connectivity index is 2.34. The molecule has 0 spiro atoms. The molecule has 1 N–H and O–H groups in total. The minimum atomic E-state index is -0.776. The van der Waals surface area contributed by atoms with Gasteiger partial charge in [0.25, 0.3) is 0 Å². The van der Waals surface area contributed by atoms with Crippen molar-refractivity contribution in [2.45, 2.75) is 18.6 Å². The van der Waals surface area contributed by atoms with Crippen molar-refractivity contribution in [3.05, 3.63) is 35.9 Å². The van der Waals surface area contributed by atoms with Gasteiger partial charge >= 0.3 is 5.97 Å². The maximum Gasteiger partial charge on any atom is 0.304 e. The molecule has 92 valence electrons. The molecule has 0 aliphatic heterocycles. The van der Waals surface area contributed by atoms with E-state index in [9.17, 15) is 4.79 Å². The van der Waals surface area contributed by atoms with E-state index in [2.05, 4.69) is 19.1 Å². The molecule has 1 aromatic rings. The largest absolute Gasteiger partial charge is 0.481 e. The predicted molar refractivity (Wildman–Crippen MR) is 79.8 cm³/mol. The van der Waals surface area contributed by atoms with E-state index in [-0.39, 0.29) is 6.42 Å². The number of rotatable bonds is 5. The number of hydrogen-bond donors (Lipinski definition) is 1. The van der Waals surface area contributed by atoms with Crippen molar-refractivity contribution < 1.29 is 9.90 Å². The molecule has 0 saturated heterocycles. The van der Waals surface area contributed by atoms with Gasteiger partial charge in [-0.1, -0.05) is 54.3 Å². The van der Waals surface area contributed by atoms with Gasteiger partial charge < -0.3 is 5.11 Å². The second kappa shape index (κ2) is 7.74. The molecule has 0 unspecified atom stereocenters. The lowest BCUT2D eigenvalue weighted by atomic mass is 10.2. The highest BCUT2D eigenvalue weighted by molar-refractivity contribution is 8.47. The van der Waals surface area contributed by atoms with Gasteiger partial charge in [-0.25, -0.2) is 0 Å². The molecule has 1 atom stereocenters. The first-order chi connectivity index (χ1) is 8.09. The summed E-state index contributed by atoms with van der Waals surface area (Å²) in [5, 5.41) is 8.83. The summed E-state index contributed by atoms with van der Waals surface area (Å²) in [5.41, 5.74) is 1.23. The Morgan fingerprint density at radius 2 is 2.06 bits per heavy atom. The molecule has 0 radical (unpaired) electrons. The standard InChI is InChI=1S/C12H14O2S3/c1-9(10-5-3-2-4-6-10)17-12(15)16-8-7-11(13)14/h2-6,9H,7-8H2,1H3,(H,13,14)/t9-/m1/s1. The van der Waals surface area contributed by atoms with Crippen molar-refractivity contribution in [2.75, 3.05) is 5.75 Å². The van der Waals surface area contributed by atoms with Gasteiger partial charge in [-0.15, -0.1) is 11.8 Å². The molecular weight excluding hydrogens is 272 g/mol. The Hall–Kier alpha value is -0.520. The van der Waals surface area contributed by atoms with Gasteiger partial charge in [0, 0.05) is 11.0 Å². The molecule has 0 saturated carbocycles. The van der Waals surface area contributed by atoms with Crippen LogP contribution < -0.4 is 0 Å². The zero-order valence-electron chi connectivity index (χ0n) is 9.46. The van der Waals surface area contributed by atoms with Gasteiger partial charge in [0.2, 0.25) is 0 Å². The smallest absolute Gasteiger partial charge is 0.304 e. The van der Waals surface area contributed by atoms with Crippen LogP contribution in [0.1, 0.15) is 24.2 Å². The van der Waals surface area contributed by atoms with E-state index < -0.39 is 5.97 Å². The zero-order chi connectivity index (χ0) is 12.7. The monoisotopic (exact) mass is 286 g/mol. The molecular formula is C12H14O2S3. The summed E-state index contributed by atoms with van der Waals surface area (Å²) in [4.78, 5) is 10.4. The van der Waals surface area contributed by atoms with Crippen LogP contribution in [0.3, 0.4) is 0 Å². The van der Waals surface area contributed by atoms with Crippen LogP contribution in [0.2, 0.25) is 0 Å². The SMILES string of the molecule is C[C@@H](SC(=S)SCCC(=O)O)c1ccccc1. The molecule has 0 fully saturated rings. The van der Waals surface area contributed by atoms with E-state index in [0.717, 1.165) is 3.53 Å². The molecule has 1 aromatic carbocycles. The Bertz CT molecular complexity index is 379. The highest BCUT2D eigenvalue weighted by atomic mass is 32.2. The normalized spacial score (nSPS) is 12.1. The summed E-state index contributed by atoms with van der Waals surface area (Å²) in [5.74, 6) is -0.232. The minimum absolute atomic E-state index is 0.158. The predicted octanol–water partition coefficient (Wildman–Crippen LogP) is 3.97. The molecule has 0 bridgehead atoms. The number of carboxylic acid groups (broad SMARTS) is 1. The van der Waals surface area contributed by atoms with Crippen molar-refractivity contribution in [3.8, 4) is 0 Å². The minimum Gasteiger partial charge on any atom is -0.481 e. The van der Waals surface area contributed by atoms with Gasteiger partial charge in [0.1, 0.15) is 3.53 Å². The molecule has 5 heteroatoms. The van der Waals surface area contributed by atoms with Gasteiger partial charge in [0.15, 0.2) is 0 Å². The van der Waals surface area contributed by atoms with Gasteiger partial charge in [0.05, 0.1) is 6.42 Å². The van der Waals surface area contributed by atoms with E-state index in [1.165, 1.54) is 17.3 Å². The number of aliphatic carboxylic acids is 1. The molecule has 0 aromatic heterocycles. The first kappa shape index (κ1) is 14.5. The quantitative estimate of drug-likeness (QED) is 0.829. The Morgan fingerprint density at radius 1 is 1.41 bits per heavy atom. The summed E-state index contributed by atoms with van der Waals surface area (Å²) in [7, 11) is 0. The lowest BCUT2D eigenvalue weighted by molar-refractivity contribution is -0.136. The highest BCUT2D eigenvalue weighted by Gasteiger charge is 2.09. The fourth-order valence-corrected chi connectivity index (χ4v) is 3.86. The van der Waals surface area contributed by atoms with Gasteiger partial charge in [-0.2, -0.15) is 0 Å². The second-order valence-electron chi connectivity index (χ2n) is 3.41. The molecule has 0 amide bonds. The third kappa shape index (κ3) is 6.10. The maximum atomic E-state index is 10.4. The van der Waals surface area contributed by atoms with Gasteiger partial charge in [-0.3, -0.25) is 4.79 Å². The third-order valence-electron chi connectivity index (χ3n) is 2.08. The van der Waals surface area contributed by atoms with Crippen LogP contribution in [0.25, 0.3) is 0 Å². The molecule has 17 heavy (non-hydrogen) atoms. The van der Waals surface area contributed by atoms with Crippen LogP contribution in [0.15, 0.2) is 30.3 Å². The summed E-state index contributed by atoms with van der Waals surface area (Å²) in [6, 6.07) is 10.1. The van der Waals surface area contributed by atoms with Crippen molar-refractivity contribution in [1.82, 2.24) is 0 Å². The van der Waals surface area contributed by atoms with Crippen LogP contribution in [-0.2, 0) is 4.79 Å². The second-order valence-corrected chi connectivity index (χ2v) is 7.05. The Morgan fingerprint density at radius 3 is 2.65 bits per heavy atom. The van der Waals surface area contributed by atoms with Crippen molar-refractivity contribution in [3.63, 3.8) is 0 Å². The molecule has 1 rings (SSSR count). The van der Waals surface area contributed by atoms with E-state index in [4.69, 9.17) is 17.3 Å². The summed E-state index contributed by atoms with van der Waals surface area (Å²) >= 11 is 8.26. The third-order valence-corrected chi connectivity index (χ3v) is 4.82. The highest BCUT2D eigenvalue weighted by Crippen LogP contribution is 2.33. The molecule has 0 heterocycles. The van der Waals surface area contributed by atoms with E-state index in [1.807, 2.05) is 18.2 Å². The van der Waals surface area contributed by atoms with Gasteiger partial charge in [-0.05, 0) is 12.5 Å². The first-order valence-electron chi connectivity index (χ1n) is 5.19. The van der Waals surface area contributed by atoms with Crippen molar-refractivity contribution in [2.24, 2.45) is 0 Å². The number of hydrogen-bond acceptors (Lipinski definition) is 4. The number of thioether (sulfide) groups is 2. The zero-order valence-corrected chi connectivity index (χ0v) is 11.9. The Labute approximate surface area is 115 Å². The average Bonchev–Trinajstić information content (AvgIpc) is 2.29. The van der Waals surface area contributed by atoms with Crippen LogP contribution in [0.5, 0.6) is 0 Å². The van der Waals surface area contributed by atoms with Crippen LogP contribution in [-0.4, -0.2) is 20.4 Å². The fourth-order valence-electron chi connectivity index (χ4n) is 1.19. The van der Waals surface area contributed by atoms with E-state index in [0.29, 0.717) is 11.0 Å². The van der Waals surface area contributed by atoms with Crippen molar-refractivity contribution in [1.29, 1.82) is 0 Å². The van der Waals surface area contributed by atoms with E-state index >= 15 is 0 Å². The lowest BCUT2D eigenvalue weighted by Gasteiger charge is -2.11.